The van der Waals surface area contributed by atoms with Crippen LogP contribution in [0.1, 0.15) is 12.0 Å². The van der Waals surface area contributed by atoms with Gasteiger partial charge in [-0.2, -0.15) is 5.26 Å². The van der Waals surface area contributed by atoms with E-state index in [9.17, 15) is 4.79 Å². The Balaban J connectivity index is 1.76. The second kappa shape index (κ2) is 6.88. The number of rotatable bonds is 5. The van der Waals surface area contributed by atoms with Gasteiger partial charge in [0.05, 0.1) is 11.6 Å². The predicted molar refractivity (Wildman–Crippen MR) is 79.4 cm³/mol. The van der Waals surface area contributed by atoms with Crippen molar-refractivity contribution in [2.45, 2.75) is 10.8 Å². The Labute approximate surface area is 124 Å². The molecule has 0 saturated heterocycles. The first-order chi connectivity index (χ1) is 9.67. The molecule has 3 N–H and O–H groups in total. The molecule has 0 bridgehead atoms. The van der Waals surface area contributed by atoms with Gasteiger partial charge >= 0.3 is 0 Å². The minimum Gasteiger partial charge on any atom is -0.374 e. The summed E-state index contributed by atoms with van der Waals surface area (Å²) in [4.78, 5) is 11.7. The van der Waals surface area contributed by atoms with Crippen LogP contribution in [0.25, 0.3) is 0 Å². The molecule has 1 heterocycles. The third kappa shape index (κ3) is 4.22. The molecule has 102 valence electrons. The van der Waals surface area contributed by atoms with E-state index >= 15 is 0 Å². The van der Waals surface area contributed by atoms with Gasteiger partial charge in [-0.3, -0.25) is 4.79 Å². The molecule has 0 fully saturated rings. The van der Waals surface area contributed by atoms with E-state index in [-0.39, 0.29) is 5.91 Å². The molecule has 6 nitrogen and oxygen atoms in total. The maximum atomic E-state index is 11.7. The zero-order chi connectivity index (χ0) is 14.4. The van der Waals surface area contributed by atoms with Crippen molar-refractivity contribution in [3.8, 4) is 6.07 Å². The number of nitrogens with two attached hydrogens (primary N) is 1. The fourth-order valence-electron chi connectivity index (χ4n) is 1.36. The number of aromatic nitrogens is 2. The summed E-state index contributed by atoms with van der Waals surface area (Å²) >= 11 is 2.75. The van der Waals surface area contributed by atoms with E-state index in [1.165, 1.54) is 23.1 Å². The molecule has 0 radical (unpaired) electrons. The summed E-state index contributed by atoms with van der Waals surface area (Å²) in [6, 6.07) is 8.75. The number of hydrogen-bond acceptors (Lipinski definition) is 7. The van der Waals surface area contributed by atoms with Gasteiger partial charge in [0, 0.05) is 17.9 Å². The molecule has 20 heavy (non-hydrogen) atoms. The molecule has 8 heteroatoms. The molecule has 0 aliphatic carbocycles. The summed E-state index contributed by atoms with van der Waals surface area (Å²) in [7, 11) is 0. The number of nitriles is 1. The van der Waals surface area contributed by atoms with E-state index in [4.69, 9.17) is 11.0 Å². The first-order valence-corrected chi connectivity index (χ1v) is 7.49. The molecular formula is C12H11N5OS2. The van der Waals surface area contributed by atoms with Gasteiger partial charge in [-0.15, -0.1) is 10.2 Å². The van der Waals surface area contributed by atoms with Crippen LogP contribution in [0.3, 0.4) is 0 Å². The van der Waals surface area contributed by atoms with Gasteiger partial charge in [-0.1, -0.05) is 23.1 Å². The first kappa shape index (κ1) is 14.3. The standard InChI is InChI=1S/C12H11N5OS2/c13-7-8-1-3-9(4-2-8)15-10(18)5-6-19-12-17-16-11(14)20-12/h1-4H,5-6H2,(H2,14,16)(H,15,18). The van der Waals surface area contributed by atoms with Crippen LogP contribution in [0.5, 0.6) is 0 Å². The SMILES string of the molecule is N#Cc1ccc(NC(=O)CCSc2nnc(N)s2)cc1. The lowest BCUT2D eigenvalue weighted by Crippen LogP contribution is -2.12. The molecule has 1 amide bonds. The number of nitrogens with zero attached hydrogens (tertiary/aromatic N) is 3. The van der Waals surface area contributed by atoms with Crippen LogP contribution < -0.4 is 11.1 Å². The zero-order valence-electron chi connectivity index (χ0n) is 10.4. The van der Waals surface area contributed by atoms with Crippen LogP contribution in [0.2, 0.25) is 0 Å². The van der Waals surface area contributed by atoms with Crippen molar-refractivity contribution < 1.29 is 4.79 Å². The Hall–Kier alpha value is -2.11. The van der Waals surface area contributed by atoms with Gasteiger partial charge in [0.1, 0.15) is 0 Å². The molecule has 0 aliphatic heterocycles. The quantitative estimate of drug-likeness (QED) is 0.820. The number of amides is 1. The number of anilines is 2. The van der Waals surface area contributed by atoms with Crippen LogP contribution in [0.15, 0.2) is 28.6 Å². The highest BCUT2D eigenvalue weighted by Crippen LogP contribution is 2.24. The number of carbonyl (C=O) groups excluding carboxylic acids is 1. The molecule has 1 aromatic heterocycles. The van der Waals surface area contributed by atoms with Gasteiger partial charge in [-0.25, -0.2) is 0 Å². The maximum absolute atomic E-state index is 11.7. The lowest BCUT2D eigenvalue weighted by Gasteiger charge is -2.04. The van der Waals surface area contributed by atoms with E-state index in [0.717, 1.165) is 4.34 Å². The average Bonchev–Trinajstić information content (AvgIpc) is 2.85. The van der Waals surface area contributed by atoms with Gasteiger partial charge in [-0.05, 0) is 24.3 Å². The summed E-state index contributed by atoms with van der Waals surface area (Å²) in [5.74, 6) is 0.524. The van der Waals surface area contributed by atoms with Crippen LogP contribution >= 0.6 is 23.1 Å². The monoisotopic (exact) mass is 305 g/mol. The summed E-state index contributed by atoms with van der Waals surface area (Å²) in [6.45, 7) is 0. The highest BCUT2D eigenvalue weighted by Gasteiger charge is 2.05. The summed E-state index contributed by atoms with van der Waals surface area (Å²) in [6.07, 6.45) is 0.365. The molecule has 2 aromatic rings. The van der Waals surface area contributed by atoms with Crippen molar-refractivity contribution in [3.63, 3.8) is 0 Å². The highest BCUT2D eigenvalue weighted by atomic mass is 32.2. The minimum atomic E-state index is -0.0836. The molecule has 0 spiro atoms. The fraction of sp³-hybridized carbons (Fsp3) is 0.167. The summed E-state index contributed by atoms with van der Waals surface area (Å²) in [5, 5.41) is 19.4. The highest BCUT2D eigenvalue weighted by molar-refractivity contribution is 8.01. The van der Waals surface area contributed by atoms with Crippen LogP contribution in [0.4, 0.5) is 10.8 Å². The van der Waals surface area contributed by atoms with Crippen molar-refractivity contribution in [2.75, 3.05) is 16.8 Å². The van der Waals surface area contributed by atoms with Gasteiger partial charge in [0.15, 0.2) is 4.34 Å². The molecule has 0 saturated carbocycles. The molecule has 0 atom stereocenters. The Bertz CT molecular complexity index is 632. The van der Waals surface area contributed by atoms with E-state index in [1.54, 1.807) is 24.3 Å². The van der Waals surface area contributed by atoms with E-state index in [1.807, 2.05) is 6.07 Å². The van der Waals surface area contributed by atoms with Crippen molar-refractivity contribution in [3.05, 3.63) is 29.8 Å². The smallest absolute Gasteiger partial charge is 0.225 e. The third-order valence-corrected chi connectivity index (χ3v) is 4.16. The molecule has 0 aliphatic rings. The Kier molecular flexibility index (Phi) is 4.92. The Morgan fingerprint density at radius 2 is 2.15 bits per heavy atom. The molecule has 0 unspecified atom stereocenters. The van der Waals surface area contributed by atoms with Crippen molar-refractivity contribution in [1.29, 1.82) is 5.26 Å². The average molecular weight is 305 g/mol. The largest absolute Gasteiger partial charge is 0.374 e. The van der Waals surface area contributed by atoms with Gasteiger partial charge in [0.2, 0.25) is 11.0 Å². The Morgan fingerprint density at radius 3 is 2.75 bits per heavy atom. The van der Waals surface area contributed by atoms with E-state index < -0.39 is 0 Å². The van der Waals surface area contributed by atoms with Crippen LogP contribution in [-0.4, -0.2) is 21.9 Å². The number of nitrogen functional groups attached to an aromatic ring is 1. The van der Waals surface area contributed by atoms with Crippen LogP contribution in [0, 0.1) is 11.3 Å². The lowest BCUT2D eigenvalue weighted by atomic mass is 10.2. The number of hydrogen-bond donors (Lipinski definition) is 2. The van der Waals surface area contributed by atoms with Gasteiger partial charge in [0.25, 0.3) is 0 Å². The number of nitrogens with one attached hydrogen (secondary N) is 1. The third-order valence-electron chi connectivity index (χ3n) is 2.27. The summed E-state index contributed by atoms with van der Waals surface area (Å²) in [5.41, 5.74) is 6.71. The van der Waals surface area contributed by atoms with E-state index in [0.29, 0.717) is 28.6 Å². The fourth-order valence-corrected chi connectivity index (χ4v) is 3.01. The lowest BCUT2D eigenvalue weighted by molar-refractivity contribution is -0.115. The van der Waals surface area contributed by atoms with Crippen molar-refractivity contribution >= 4 is 39.8 Å². The first-order valence-electron chi connectivity index (χ1n) is 5.69. The van der Waals surface area contributed by atoms with Crippen molar-refractivity contribution in [1.82, 2.24) is 10.2 Å². The zero-order valence-corrected chi connectivity index (χ0v) is 12.0. The normalized spacial score (nSPS) is 9.95. The molecular weight excluding hydrogens is 294 g/mol. The second-order valence-corrected chi connectivity index (χ2v) is 6.09. The van der Waals surface area contributed by atoms with Crippen LogP contribution in [-0.2, 0) is 4.79 Å². The molecule has 2 rings (SSSR count). The Morgan fingerprint density at radius 1 is 1.40 bits per heavy atom. The predicted octanol–water partition coefficient (Wildman–Crippen LogP) is 2.11. The van der Waals surface area contributed by atoms with Crippen molar-refractivity contribution in [2.24, 2.45) is 0 Å². The van der Waals surface area contributed by atoms with Gasteiger partial charge < -0.3 is 11.1 Å². The number of carbonyl (C=O) groups is 1. The summed E-state index contributed by atoms with van der Waals surface area (Å²) < 4.78 is 0.758. The topological polar surface area (TPSA) is 105 Å². The molecule has 1 aromatic carbocycles. The second-order valence-electron chi connectivity index (χ2n) is 3.74. The number of benzene rings is 1. The van der Waals surface area contributed by atoms with E-state index in [2.05, 4.69) is 15.5 Å². The number of thioether (sulfide) groups is 1. The minimum absolute atomic E-state index is 0.0836. The maximum Gasteiger partial charge on any atom is 0.225 e.